The molecule has 0 aliphatic carbocycles. The van der Waals surface area contributed by atoms with E-state index in [0.717, 1.165) is 10.9 Å². The Hall–Kier alpha value is -3.84. The molecule has 7 heteroatoms. The summed E-state index contributed by atoms with van der Waals surface area (Å²) in [6, 6.07) is 18.0. The monoisotopic (exact) mass is 415 g/mol. The fourth-order valence-corrected chi connectivity index (χ4v) is 3.24. The Kier molecular flexibility index (Phi) is 6.14. The standard InChI is InChI=1S/C24H21N3O4/c28-22(12-11-19-8-5-17-3-1-2-4-21(17)25-19)18-6-9-20(10-7-18)26-23(29)24(30)27-13-15-31-16-14-27/h1-12H,13-16H2,(H,26,29)/b12-11+. The summed E-state index contributed by atoms with van der Waals surface area (Å²) >= 11 is 0. The van der Waals surface area contributed by atoms with Gasteiger partial charge in [0.1, 0.15) is 0 Å². The number of aromatic nitrogens is 1. The molecule has 1 N–H and O–H groups in total. The number of benzene rings is 2. The zero-order chi connectivity index (χ0) is 21.6. The number of ether oxygens (including phenoxy) is 1. The van der Waals surface area contributed by atoms with E-state index in [0.29, 0.717) is 43.2 Å². The van der Waals surface area contributed by atoms with Gasteiger partial charge in [0.2, 0.25) is 0 Å². The molecular weight excluding hydrogens is 394 g/mol. The van der Waals surface area contributed by atoms with Crippen LogP contribution in [0.25, 0.3) is 17.0 Å². The molecule has 2 amide bonds. The Bertz CT molecular complexity index is 1150. The van der Waals surface area contributed by atoms with Crippen molar-refractivity contribution in [2.24, 2.45) is 0 Å². The number of hydrogen-bond acceptors (Lipinski definition) is 5. The largest absolute Gasteiger partial charge is 0.378 e. The Morgan fingerprint density at radius 3 is 2.45 bits per heavy atom. The first-order valence-electron chi connectivity index (χ1n) is 9.96. The number of allylic oxidation sites excluding steroid dienone is 1. The first kappa shape index (κ1) is 20.4. The van der Waals surface area contributed by atoms with Crippen LogP contribution >= 0.6 is 0 Å². The summed E-state index contributed by atoms with van der Waals surface area (Å²) in [5, 5.41) is 3.61. The predicted octanol–water partition coefficient (Wildman–Crippen LogP) is 2.93. The summed E-state index contributed by atoms with van der Waals surface area (Å²) in [5.41, 5.74) is 2.47. The second-order valence-electron chi connectivity index (χ2n) is 7.06. The van der Waals surface area contributed by atoms with Crippen LogP contribution in [-0.2, 0) is 14.3 Å². The number of carbonyl (C=O) groups excluding carboxylic acids is 3. The van der Waals surface area contributed by atoms with Gasteiger partial charge in [0.05, 0.1) is 24.4 Å². The van der Waals surface area contributed by atoms with Crippen LogP contribution in [0.1, 0.15) is 16.1 Å². The quantitative estimate of drug-likeness (QED) is 0.402. The van der Waals surface area contributed by atoms with Gasteiger partial charge in [0.15, 0.2) is 5.78 Å². The summed E-state index contributed by atoms with van der Waals surface area (Å²) < 4.78 is 5.18. The van der Waals surface area contributed by atoms with Crippen LogP contribution in [0.2, 0.25) is 0 Å². The molecule has 3 aromatic rings. The SMILES string of the molecule is O=C(Nc1ccc(C(=O)/C=C/c2ccc3ccccc3n2)cc1)C(=O)N1CCOCC1. The number of hydrogen-bond donors (Lipinski definition) is 1. The predicted molar refractivity (Wildman–Crippen MR) is 118 cm³/mol. The van der Waals surface area contributed by atoms with Gasteiger partial charge in [-0.2, -0.15) is 0 Å². The molecule has 156 valence electrons. The first-order valence-corrected chi connectivity index (χ1v) is 9.96. The minimum absolute atomic E-state index is 0.183. The van der Waals surface area contributed by atoms with E-state index in [-0.39, 0.29) is 5.78 Å². The van der Waals surface area contributed by atoms with Crippen LogP contribution in [0.15, 0.2) is 66.7 Å². The number of nitrogens with zero attached hydrogens (tertiary/aromatic N) is 2. The van der Waals surface area contributed by atoms with E-state index in [2.05, 4.69) is 10.3 Å². The maximum atomic E-state index is 12.5. The lowest BCUT2D eigenvalue weighted by Gasteiger charge is -2.26. The second kappa shape index (κ2) is 9.32. The van der Waals surface area contributed by atoms with Crippen molar-refractivity contribution in [1.29, 1.82) is 0 Å². The normalized spacial score (nSPS) is 14.0. The van der Waals surface area contributed by atoms with Crippen molar-refractivity contribution in [2.45, 2.75) is 0 Å². The summed E-state index contributed by atoms with van der Waals surface area (Å²) in [6.45, 7) is 1.66. The van der Waals surface area contributed by atoms with Gasteiger partial charge in [-0.15, -0.1) is 0 Å². The number of carbonyl (C=O) groups is 3. The van der Waals surface area contributed by atoms with Crippen molar-refractivity contribution in [3.8, 4) is 0 Å². The van der Waals surface area contributed by atoms with Gasteiger partial charge < -0.3 is 15.0 Å². The topological polar surface area (TPSA) is 88.6 Å². The summed E-state index contributed by atoms with van der Waals surface area (Å²) in [5.74, 6) is -1.48. The van der Waals surface area contributed by atoms with Crippen LogP contribution in [0.5, 0.6) is 0 Å². The third-order valence-electron chi connectivity index (χ3n) is 4.95. The van der Waals surface area contributed by atoms with E-state index >= 15 is 0 Å². The van der Waals surface area contributed by atoms with E-state index in [4.69, 9.17) is 4.74 Å². The van der Waals surface area contributed by atoms with Crippen LogP contribution in [0.4, 0.5) is 5.69 Å². The highest BCUT2D eigenvalue weighted by molar-refractivity contribution is 6.39. The van der Waals surface area contributed by atoms with E-state index in [9.17, 15) is 14.4 Å². The molecule has 0 unspecified atom stereocenters. The molecule has 0 atom stereocenters. The zero-order valence-electron chi connectivity index (χ0n) is 16.8. The summed E-state index contributed by atoms with van der Waals surface area (Å²) in [4.78, 5) is 42.8. The number of amides is 2. The molecule has 0 saturated carbocycles. The molecular formula is C24H21N3O4. The Morgan fingerprint density at radius 1 is 0.935 bits per heavy atom. The van der Waals surface area contributed by atoms with E-state index in [1.807, 2.05) is 36.4 Å². The van der Waals surface area contributed by atoms with Crippen molar-refractivity contribution in [3.63, 3.8) is 0 Å². The van der Waals surface area contributed by atoms with Gasteiger partial charge in [-0.1, -0.05) is 24.3 Å². The molecule has 0 bridgehead atoms. The van der Waals surface area contributed by atoms with Gasteiger partial charge in [-0.3, -0.25) is 14.4 Å². The fourth-order valence-electron chi connectivity index (χ4n) is 3.24. The van der Waals surface area contributed by atoms with Crippen molar-refractivity contribution in [1.82, 2.24) is 9.88 Å². The van der Waals surface area contributed by atoms with Gasteiger partial charge in [0, 0.05) is 29.7 Å². The zero-order valence-corrected chi connectivity index (χ0v) is 16.8. The average Bonchev–Trinajstić information content (AvgIpc) is 2.83. The molecule has 1 saturated heterocycles. The van der Waals surface area contributed by atoms with Gasteiger partial charge in [0.25, 0.3) is 0 Å². The average molecular weight is 415 g/mol. The number of para-hydroxylation sites is 1. The number of rotatable bonds is 4. The van der Waals surface area contributed by atoms with E-state index in [1.165, 1.54) is 11.0 Å². The molecule has 0 radical (unpaired) electrons. The molecule has 1 aliphatic rings. The van der Waals surface area contributed by atoms with Gasteiger partial charge in [-0.25, -0.2) is 4.98 Å². The molecule has 31 heavy (non-hydrogen) atoms. The van der Waals surface area contributed by atoms with Crippen molar-refractivity contribution in [3.05, 3.63) is 78.0 Å². The number of nitrogens with one attached hydrogen (secondary N) is 1. The fraction of sp³-hybridized carbons (Fsp3) is 0.167. The highest BCUT2D eigenvalue weighted by Gasteiger charge is 2.23. The highest BCUT2D eigenvalue weighted by atomic mass is 16.5. The van der Waals surface area contributed by atoms with Gasteiger partial charge in [-0.05, 0) is 48.6 Å². The van der Waals surface area contributed by atoms with Crippen LogP contribution in [-0.4, -0.2) is 53.8 Å². The lowest BCUT2D eigenvalue weighted by atomic mass is 10.1. The smallest absolute Gasteiger partial charge is 0.313 e. The molecule has 1 fully saturated rings. The van der Waals surface area contributed by atoms with Crippen LogP contribution in [0, 0.1) is 0 Å². The summed E-state index contributed by atoms with van der Waals surface area (Å²) in [7, 11) is 0. The molecule has 4 rings (SSSR count). The minimum atomic E-state index is -0.705. The third-order valence-corrected chi connectivity index (χ3v) is 4.95. The maximum Gasteiger partial charge on any atom is 0.313 e. The lowest BCUT2D eigenvalue weighted by Crippen LogP contribution is -2.45. The van der Waals surface area contributed by atoms with Crippen LogP contribution < -0.4 is 5.32 Å². The molecule has 0 spiro atoms. The molecule has 2 heterocycles. The summed E-state index contributed by atoms with van der Waals surface area (Å²) in [6.07, 6.45) is 3.14. The first-order chi connectivity index (χ1) is 15.1. The third kappa shape index (κ3) is 5.02. The minimum Gasteiger partial charge on any atom is -0.378 e. The molecule has 7 nitrogen and oxygen atoms in total. The Morgan fingerprint density at radius 2 is 1.68 bits per heavy atom. The maximum absolute atomic E-state index is 12.5. The number of fused-ring (bicyclic) bond motifs is 1. The lowest BCUT2D eigenvalue weighted by molar-refractivity contribution is -0.145. The Labute approximate surface area is 179 Å². The van der Waals surface area contributed by atoms with Crippen molar-refractivity contribution >= 4 is 40.3 Å². The second-order valence-corrected chi connectivity index (χ2v) is 7.06. The number of ketones is 1. The molecule has 1 aliphatic heterocycles. The Balaban J connectivity index is 1.37. The molecule has 1 aromatic heterocycles. The molecule has 2 aromatic carbocycles. The number of anilines is 1. The number of pyridine rings is 1. The van der Waals surface area contributed by atoms with Crippen molar-refractivity contribution < 1.29 is 19.1 Å². The van der Waals surface area contributed by atoms with Crippen molar-refractivity contribution in [2.75, 3.05) is 31.6 Å². The van der Waals surface area contributed by atoms with Crippen LogP contribution in [0.3, 0.4) is 0 Å². The van der Waals surface area contributed by atoms with Gasteiger partial charge >= 0.3 is 11.8 Å². The van der Waals surface area contributed by atoms with E-state index < -0.39 is 11.8 Å². The highest BCUT2D eigenvalue weighted by Crippen LogP contribution is 2.14. The number of morpholine rings is 1. The van der Waals surface area contributed by atoms with E-state index in [1.54, 1.807) is 30.3 Å².